The Balaban J connectivity index is 2.85. The van der Waals surface area contributed by atoms with E-state index in [2.05, 4.69) is 0 Å². The molecule has 3 heteroatoms. The minimum atomic E-state index is 0.132. The first-order chi connectivity index (χ1) is 5.77. The van der Waals surface area contributed by atoms with Crippen molar-refractivity contribution >= 4 is 0 Å². The second-order valence-corrected chi connectivity index (χ2v) is 2.37. The van der Waals surface area contributed by atoms with Crippen molar-refractivity contribution in [1.82, 2.24) is 0 Å². The number of rotatable bonds is 1. The molecular formula is C9H9NO2. The van der Waals surface area contributed by atoms with Crippen molar-refractivity contribution in [3.63, 3.8) is 0 Å². The Labute approximate surface area is 70.9 Å². The van der Waals surface area contributed by atoms with Gasteiger partial charge in [-0.1, -0.05) is 6.08 Å². The van der Waals surface area contributed by atoms with E-state index < -0.39 is 0 Å². The highest BCUT2D eigenvalue weighted by Gasteiger charge is 2.10. The monoisotopic (exact) mass is 163 g/mol. The standard InChI is InChI=1S/C9H9NO2/c1-12-9-6-7(4-5-10)2-3-8(9)11/h2-4,11H,6H2,1H3. The van der Waals surface area contributed by atoms with Crippen LogP contribution >= 0.6 is 0 Å². The van der Waals surface area contributed by atoms with Gasteiger partial charge in [-0.15, -0.1) is 0 Å². The summed E-state index contributed by atoms with van der Waals surface area (Å²) in [6.07, 6.45) is 5.13. The average Bonchev–Trinajstić information content (AvgIpc) is 2.09. The molecule has 12 heavy (non-hydrogen) atoms. The quantitative estimate of drug-likeness (QED) is 0.600. The number of methoxy groups -OCH3 is 1. The Hall–Kier alpha value is -1.69. The fourth-order valence-electron chi connectivity index (χ4n) is 0.973. The number of hydrogen-bond donors (Lipinski definition) is 1. The molecular weight excluding hydrogens is 154 g/mol. The number of hydrogen-bond acceptors (Lipinski definition) is 3. The molecule has 0 atom stereocenters. The molecule has 0 aromatic heterocycles. The van der Waals surface area contributed by atoms with E-state index >= 15 is 0 Å². The largest absolute Gasteiger partial charge is 0.504 e. The number of ether oxygens (including phenoxy) is 1. The van der Waals surface area contributed by atoms with Crippen molar-refractivity contribution < 1.29 is 9.84 Å². The molecule has 3 nitrogen and oxygen atoms in total. The van der Waals surface area contributed by atoms with Gasteiger partial charge in [0.05, 0.1) is 13.2 Å². The van der Waals surface area contributed by atoms with Crippen molar-refractivity contribution in [3.05, 3.63) is 35.3 Å². The smallest absolute Gasteiger partial charge is 0.153 e. The summed E-state index contributed by atoms with van der Waals surface area (Å²) in [4.78, 5) is 0. The molecule has 1 rings (SSSR count). The average molecular weight is 163 g/mol. The fraction of sp³-hybridized carbons (Fsp3) is 0.222. The number of nitrogens with zero attached hydrogens (tertiary/aromatic N) is 1. The van der Waals surface area contributed by atoms with E-state index in [0.717, 1.165) is 5.57 Å². The molecule has 1 N–H and O–H groups in total. The van der Waals surface area contributed by atoms with Gasteiger partial charge in [0, 0.05) is 12.5 Å². The third kappa shape index (κ3) is 1.67. The maximum Gasteiger partial charge on any atom is 0.153 e. The van der Waals surface area contributed by atoms with Crippen LogP contribution in [0.25, 0.3) is 0 Å². The van der Waals surface area contributed by atoms with E-state index in [1.165, 1.54) is 19.3 Å². The van der Waals surface area contributed by atoms with Gasteiger partial charge < -0.3 is 9.84 Å². The molecule has 0 saturated carbocycles. The van der Waals surface area contributed by atoms with Gasteiger partial charge in [0.1, 0.15) is 5.76 Å². The van der Waals surface area contributed by atoms with Crippen LogP contribution in [0.4, 0.5) is 0 Å². The second-order valence-electron chi connectivity index (χ2n) is 2.37. The maximum absolute atomic E-state index is 9.21. The molecule has 0 aromatic carbocycles. The Morgan fingerprint density at radius 1 is 1.67 bits per heavy atom. The zero-order valence-corrected chi connectivity index (χ0v) is 6.74. The number of allylic oxidation sites excluding steroid dienone is 4. The summed E-state index contributed by atoms with van der Waals surface area (Å²) in [5.41, 5.74) is 0.840. The molecule has 0 saturated heterocycles. The Morgan fingerprint density at radius 3 is 3.00 bits per heavy atom. The Bertz CT molecular complexity index is 305. The molecule has 0 aliphatic heterocycles. The highest BCUT2D eigenvalue weighted by Crippen LogP contribution is 2.21. The van der Waals surface area contributed by atoms with Crippen LogP contribution < -0.4 is 0 Å². The summed E-state index contributed by atoms with van der Waals surface area (Å²) in [7, 11) is 1.49. The first-order valence-electron chi connectivity index (χ1n) is 3.50. The third-order valence-corrected chi connectivity index (χ3v) is 1.60. The van der Waals surface area contributed by atoms with E-state index in [4.69, 9.17) is 10.00 Å². The van der Waals surface area contributed by atoms with Gasteiger partial charge >= 0.3 is 0 Å². The number of aliphatic hydroxyl groups is 1. The van der Waals surface area contributed by atoms with Crippen LogP contribution in [0.1, 0.15) is 6.42 Å². The predicted molar refractivity (Wildman–Crippen MR) is 44.1 cm³/mol. The van der Waals surface area contributed by atoms with E-state index in [1.54, 1.807) is 6.08 Å². The summed E-state index contributed by atoms with van der Waals surface area (Å²) in [5, 5.41) is 17.6. The van der Waals surface area contributed by atoms with Gasteiger partial charge in [-0.3, -0.25) is 0 Å². The van der Waals surface area contributed by atoms with E-state index in [-0.39, 0.29) is 5.76 Å². The van der Waals surface area contributed by atoms with Crippen molar-refractivity contribution in [1.29, 1.82) is 5.26 Å². The van der Waals surface area contributed by atoms with Crippen molar-refractivity contribution in [2.75, 3.05) is 7.11 Å². The zero-order valence-electron chi connectivity index (χ0n) is 6.74. The van der Waals surface area contributed by atoms with Crippen LogP contribution in [-0.2, 0) is 4.74 Å². The van der Waals surface area contributed by atoms with Crippen molar-refractivity contribution in [2.24, 2.45) is 0 Å². The van der Waals surface area contributed by atoms with Crippen LogP contribution in [0, 0.1) is 11.3 Å². The Morgan fingerprint density at radius 2 is 2.42 bits per heavy atom. The normalized spacial score (nSPS) is 19.5. The Kier molecular flexibility index (Phi) is 2.54. The first kappa shape index (κ1) is 8.41. The third-order valence-electron chi connectivity index (χ3n) is 1.60. The summed E-state index contributed by atoms with van der Waals surface area (Å²) in [6, 6.07) is 1.92. The lowest BCUT2D eigenvalue weighted by atomic mass is 10.1. The predicted octanol–water partition coefficient (Wildman–Crippen LogP) is 1.81. The molecule has 0 aromatic rings. The minimum absolute atomic E-state index is 0.132. The van der Waals surface area contributed by atoms with Crippen LogP contribution in [0.15, 0.2) is 35.3 Å². The van der Waals surface area contributed by atoms with Crippen LogP contribution in [0.3, 0.4) is 0 Å². The summed E-state index contributed by atoms with van der Waals surface area (Å²) in [6.45, 7) is 0. The minimum Gasteiger partial charge on any atom is -0.504 e. The zero-order chi connectivity index (χ0) is 8.97. The number of aliphatic hydroxyl groups excluding tert-OH is 1. The molecule has 0 fully saturated rings. The molecule has 1 aliphatic carbocycles. The lowest BCUT2D eigenvalue weighted by Crippen LogP contribution is -1.98. The molecule has 0 amide bonds. The van der Waals surface area contributed by atoms with Gasteiger partial charge in [-0.05, 0) is 11.6 Å². The number of nitriles is 1. The molecule has 0 bridgehead atoms. The summed E-state index contributed by atoms with van der Waals surface area (Å²) in [5.74, 6) is 0.631. The highest BCUT2D eigenvalue weighted by molar-refractivity contribution is 5.37. The molecule has 1 aliphatic rings. The maximum atomic E-state index is 9.21. The SMILES string of the molecule is COC1=C(O)C=CC(=CC#N)C1. The molecule has 0 unspecified atom stereocenters. The molecule has 62 valence electrons. The van der Waals surface area contributed by atoms with Crippen molar-refractivity contribution in [2.45, 2.75) is 6.42 Å². The van der Waals surface area contributed by atoms with Gasteiger partial charge in [0.15, 0.2) is 5.76 Å². The van der Waals surface area contributed by atoms with Gasteiger partial charge in [-0.25, -0.2) is 0 Å². The topological polar surface area (TPSA) is 53.2 Å². The highest BCUT2D eigenvalue weighted by atomic mass is 16.5. The summed E-state index contributed by atoms with van der Waals surface area (Å²) >= 11 is 0. The van der Waals surface area contributed by atoms with E-state index in [9.17, 15) is 5.11 Å². The lowest BCUT2D eigenvalue weighted by Gasteiger charge is -2.11. The molecule has 0 spiro atoms. The van der Waals surface area contributed by atoms with Crippen LogP contribution in [0.2, 0.25) is 0 Å². The second kappa shape index (κ2) is 3.63. The van der Waals surface area contributed by atoms with Crippen LogP contribution in [-0.4, -0.2) is 12.2 Å². The van der Waals surface area contributed by atoms with Crippen molar-refractivity contribution in [3.8, 4) is 6.07 Å². The molecule has 0 heterocycles. The molecule has 0 radical (unpaired) electrons. The van der Waals surface area contributed by atoms with Gasteiger partial charge in [0.2, 0.25) is 0 Å². The first-order valence-corrected chi connectivity index (χ1v) is 3.50. The lowest BCUT2D eigenvalue weighted by molar-refractivity contribution is 0.251. The van der Waals surface area contributed by atoms with Gasteiger partial charge in [0.25, 0.3) is 0 Å². The van der Waals surface area contributed by atoms with E-state index in [1.807, 2.05) is 6.07 Å². The fourth-order valence-corrected chi connectivity index (χ4v) is 0.973. The summed E-state index contributed by atoms with van der Waals surface area (Å²) < 4.78 is 4.91. The van der Waals surface area contributed by atoms with E-state index in [0.29, 0.717) is 12.2 Å². The van der Waals surface area contributed by atoms with Gasteiger partial charge in [-0.2, -0.15) is 5.26 Å². The van der Waals surface area contributed by atoms with Crippen LogP contribution in [0.5, 0.6) is 0 Å².